The molecule has 0 spiro atoms. The largest absolute Gasteiger partial charge is 0.484 e. The summed E-state index contributed by atoms with van der Waals surface area (Å²) in [6.07, 6.45) is -0.271. The number of carbonyl (C=O) groups excluding carboxylic acids is 2. The van der Waals surface area contributed by atoms with E-state index in [2.05, 4.69) is 5.32 Å². The zero-order valence-corrected chi connectivity index (χ0v) is 13.4. The van der Waals surface area contributed by atoms with Crippen LogP contribution in [-0.4, -0.2) is 48.6 Å². The van der Waals surface area contributed by atoms with Gasteiger partial charge in [-0.15, -0.1) is 0 Å². The number of benzene rings is 1. The van der Waals surface area contributed by atoms with Crippen LogP contribution in [0.5, 0.6) is 5.75 Å². The van der Waals surface area contributed by atoms with E-state index >= 15 is 0 Å². The molecule has 0 saturated heterocycles. The molecule has 126 valence electrons. The second-order valence-electron chi connectivity index (χ2n) is 5.49. The fraction of sp³-hybridized carbons (Fsp3) is 0.438. The summed E-state index contributed by atoms with van der Waals surface area (Å²) in [6.45, 7) is 2.79. The maximum Gasteiger partial charge on any atom is 0.305 e. The highest BCUT2D eigenvalue weighted by Crippen LogP contribution is 2.14. The molecule has 0 saturated carbocycles. The summed E-state index contributed by atoms with van der Waals surface area (Å²) in [7, 11) is 1.43. The predicted octanol–water partition coefficient (Wildman–Crippen LogP) is 1.26. The number of hydrogen-bond acceptors (Lipinski definition) is 5. The predicted molar refractivity (Wildman–Crippen MR) is 82.6 cm³/mol. The Morgan fingerprint density at radius 3 is 2.57 bits per heavy atom. The highest BCUT2D eigenvalue weighted by molar-refractivity contribution is 5.94. The number of nitrogens with one attached hydrogen (secondary N) is 1. The third kappa shape index (κ3) is 6.48. The van der Waals surface area contributed by atoms with Crippen molar-refractivity contribution >= 4 is 17.7 Å². The van der Waals surface area contributed by atoms with Crippen molar-refractivity contribution in [2.75, 3.05) is 20.3 Å². The van der Waals surface area contributed by atoms with Gasteiger partial charge in [-0.05, 0) is 26.0 Å². The Kier molecular flexibility index (Phi) is 6.71. The molecule has 1 aromatic rings. The Hall–Kier alpha value is -2.41. The van der Waals surface area contributed by atoms with Crippen molar-refractivity contribution < 1.29 is 29.0 Å². The minimum atomic E-state index is -1.04. The summed E-state index contributed by atoms with van der Waals surface area (Å²) in [5.41, 5.74) is -0.541. The number of aliphatic carboxylic acids is 1. The maximum atomic E-state index is 12.0. The van der Waals surface area contributed by atoms with Crippen molar-refractivity contribution in [3.05, 3.63) is 29.8 Å². The number of ketones is 1. The van der Waals surface area contributed by atoms with Crippen LogP contribution in [0, 0.1) is 0 Å². The molecule has 0 aliphatic rings. The highest BCUT2D eigenvalue weighted by atomic mass is 16.5. The molecule has 7 nitrogen and oxygen atoms in total. The normalized spacial score (nSPS) is 13.0. The Labute approximate surface area is 134 Å². The zero-order chi connectivity index (χ0) is 17.5. The molecule has 1 atom stereocenters. The molecule has 0 aliphatic carbocycles. The quantitative estimate of drug-likeness (QED) is 0.663. The van der Waals surface area contributed by atoms with Gasteiger partial charge in [-0.1, -0.05) is 12.1 Å². The molecule has 0 fully saturated rings. The van der Waals surface area contributed by atoms with E-state index in [0.29, 0.717) is 11.3 Å². The van der Waals surface area contributed by atoms with Crippen molar-refractivity contribution in [1.29, 1.82) is 0 Å². The molecule has 0 aromatic heterocycles. The number of carbonyl (C=O) groups is 3. The molecule has 1 unspecified atom stereocenters. The third-order valence-corrected chi connectivity index (χ3v) is 3.06. The summed E-state index contributed by atoms with van der Waals surface area (Å²) in [4.78, 5) is 34.1. The first-order chi connectivity index (χ1) is 10.8. The fourth-order valence-corrected chi connectivity index (χ4v) is 2.11. The summed E-state index contributed by atoms with van der Waals surface area (Å²) in [5, 5.41) is 11.5. The lowest BCUT2D eigenvalue weighted by molar-refractivity contribution is -0.139. The third-order valence-electron chi connectivity index (χ3n) is 3.06. The number of methoxy groups -OCH3 is 1. The highest BCUT2D eigenvalue weighted by Gasteiger charge is 2.29. The Morgan fingerprint density at radius 1 is 1.30 bits per heavy atom. The van der Waals surface area contributed by atoms with Crippen LogP contribution >= 0.6 is 0 Å². The van der Waals surface area contributed by atoms with E-state index in [0.717, 1.165) is 0 Å². The molecule has 0 heterocycles. The van der Waals surface area contributed by atoms with E-state index in [1.165, 1.54) is 14.0 Å². The lowest BCUT2D eigenvalue weighted by Gasteiger charge is -2.28. The molecule has 1 amide bonds. The Balaban J connectivity index is 2.63. The number of amides is 1. The van der Waals surface area contributed by atoms with Gasteiger partial charge < -0.3 is 19.9 Å². The van der Waals surface area contributed by atoms with E-state index in [1.54, 1.807) is 31.2 Å². The molecule has 0 bridgehead atoms. The monoisotopic (exact) mass is 323 g/mol. The van der Waals surface area contributed by atoms with Crippen LogP contribution in [0.4, 0.5) is 0 Å². The Bertz CT molecular complexity index is 586. The van der Waals surface area contributed by atoms with Crippen molar-refractivity contribution in [3.8, 4) is 5.75 Å². The van der Waals surface area contributed by atoms with E-state index in [1.807, 2.05) is 0 Å². The molecule has 1 aromatic carbocycles. The minimum Gasteiger partial charge on any atom is -0.484 e. The first-order valence-corrected chi connectivity index (χ1v) is 7.01. The van der Waals surface area contributed by atoms with Gasteiger partial charge >= 0.3 is 5.97 Å². The number of ether oxygens (including phenoxy) is 2. The molecule has 2 N–H and O–H groups in total. The molecule has 23 heavy (non-hydrogen) atoms. The number of rotatable bonds is 9. The zero-order valence-electron chi connectivity index (χ0n) is 13.4. The maximum absolute atomic E-state index is 12.0. The smallest absolute Gasteiger partial charge is 0.305 e. The van der Waals surface area contributed by atoms with Crippen molar-refractivity contribution in [1.82, 2.24) is 5.32 Å². The van der Waals surface area contributed by atoms with Gasteiger partial charge in [0.05, 0.1) is 18.6 Å². The first-order valence-electron chi connectivity index (χ1n) is 7.01. The van der Waals surface area contributed by atoms with Crippen molar-refractivity contribution in [3.63, 3.8) is 0 Å². The van der Waals surface area contributed by atoms with E-state index < -0.39 is 17.4 Å². The van der Waals surface area contributed by atoms with Crippen molar-refractivity contribution in [2.24, 2.45) is 0 Å². The minimum absolute atomic E-state index is 0.0604. The molecular formula is C16H21NO6. The van der Waals surface area contributed by atoms with Gasteiger partial charge in [-0.25, -0.2) is 0 Å². The summed E-state index contributed by atoms with van der Waals surface area (Å²) >= 11 is 0. The number of hydrogen-bond donors (Lipinski definition) is 2. The van der Waals surface area contributed by atoms with Crippen molar-refractivity contribution in [2.45, 2.75) is 25.8 Å². The topological polar surface area (TPSA) is 102 Å². The number of carboxylic acids is 1. The molecule has 0 aliphatic heterocycles. The SMILES string of the molecule is COCC(C)(CC(=O)O)NC(=O)COc1cccc(C(C)=O)c1. The van der Waals surface area contributed by atoms with Crippen LogP contribution in [0.1, 0.15) is 30.6 Å². The summed E-state index contributed by atoms with van der Waals surface area (Å²) in [5.74, 6) is -1.23. The molecule has 1 rings (SSSR count). The summed E-state index contributed by atoms with van der Waals surface area (Å²) in [6, 6.07) is 6.48. The van der Waals surface area contributed by atoms with Crippen LogP contribution in [0.25, 0.3) is 0 Å². The lowest BCUT2D eigenvalue weighted by atomic mass is 9.99. The van der Waals surface area contributed by atoms with Crippen LogP contribution in [0.15, 0.2) is 24.3 Å². The van der Waals surface area contributed by atoms with E-state index in [9.17, 15) is 14.4 Å². The molecule has 7 heteroatoms. The Morgan fingerprint density at radius 2 is 2.00 bits per heavy atom. The van der Waals surface area contributed by atoms with Gasteiger partial charge in [0.15, 0.2) is 12.4 Å². The van der Waals surface area contributed by atoms with Crippen LogP contribution < -0.4 is 10.1 Å². The van der Waals surface area contributed by atoms with Gasteiger partial charge in [0.25, 0.3) is 5.91 Å². The van der Waals surface area contributed by atoms with Gasteiger partial charge in [-0.2, -0.15) is 0 Å². The van der Waals surface area contributed by atoms with Crippen LogP contribution in [-0.2, 0) is 14.3 Å². The fourth-order valence-electron chi connectivity index (χ4n) is 2.11. The first kappa shape index (κ1) is 18.6. The van der Waals surface area contributed by atoms with Crippen LogP contribution in [0.2, 0.25) is 0 Å². The van der Waals surface area contributed by atoms with E-state index in [4.69, 9.17) is 14.6 Å². The van der Waals surface area contributed by atoms with E-state index in [-0.39, 0.29) is 25.4 Å². The lowest BCUT2D eigenvalue weighted by Crippen LogP contribution is -2.52. The summed E-state index contributed by atoms with van der Waals surface area (Å²) < 4.78 is 10.3. The standard InChI is InChI=1S/C16H21NO6/c1-11(18)12-5-4-6-13(7-12)23-9-14(19)17-16(2,10-22-3)8-15(20)21/h4-7H,8-10H2,1-3H3,(H,17,19)(H,20,21). The van der Waals surface area contributed by atoms with Gasteiger partial charge in [0, 0.05) is 12.7 Å². The second kappa shape index (κ2) is 8.28. The number of Topliss-reactive ketones (excluding diaryl/α,β-unsaturated/α-hetero) is 1. The average Bonchev–Trinajstić information content (AvgIpc) is 2.44. The van der Waals surface area contributed by atoms with Gasteiger partial charge in [-0.3, -0.25) is 14.4 Å². The number of carboxylic acid groups (broad SMARTS) is 1. The second-order valence-corrected chi connectivity index (χ2v) is 5.49. The van der Waals surface area contributed by atoms with Gasteiger partial charge in [0.1, 0.15) is 5.75 Å². The average molecular weight is 323 g/mol. The molecule has 0 radical (unpaired) electrons. The molecular weight excluding hydrogens is 302 g/mol. The van der Waals surface area contributed by atoms with Crippen LogP contribution in [0.3, 0.4) is 0 Å². The van der Waals surface area contributed by atoms with Gasteiger partial charge in [0.2, 0.25) is 0 Å².